The van der Waals surface area contributed by atoms with Crippen molar-refractivity contribution in [2.45, 2.75) is 33.4 Å². The lowest BCUT2D eigenvalue weighted by Crippen LogP contribution is -2.44. The van der Waals surface area contributed by atoms with Gasteiger partial charge in [0, 0.05) is 21.9 Å². The van der Waals surface area contributed by atoms with E-state index in [-0.39, 0.29) is 11.8 Å². The van der Waals surface area contributed by atoms with E-state index in [1.54, 1.807) is 19.1 Å². The molecule has 2 N–H and O–H groups in total. The second-order valence-corrected chi connectivity index (χ2v) is 7.05. The van der Waals surface area contributed by atoms with Crippen molar-refractivity contribution >= 4 is 23.4 Å². The molecule has 0 fully saturated rings. The summed E-state index contributed by atoms with van der Waals surface area (Å²) < 4.78 is 11.7. The maximum absolute atomic E-state index is 12.2. The van der Waals surface area contributed by atoms with Crippen molar-refractivity contribution in [1.29, 1.82) is 0 Å². The number of hydrogen-bond donors (Lipinski definition) is 2. The van der Waals surface area contributed by atoms with Gasteiger partial charge in [0.15, 0.2) is 17.3 Å². The summed E-state index contributed by atoms with van der Waals surface area (Å²) in [6, 6.07) is 11.9. The Morgan fingerprint density at radius 1 is 1.14 bits per heavy atom. The Morgan fingerprint density at radius 2 is 1.90 bits per heavy atom. The molecule has 1 aliphatic rings. The largest absolute Gasteiger partial charge is 0.490 e. The fourth-order valence-corrected chi connectivity index (χ4v) is 3.46. The molecule has 0 aliphatic carbocycles. The number of hydrogen-bond acceptors (Lipinski definition) is 4. The van der Waals surface area contributed by atoms with Crippen molar-refractivity contribution in [3.63, 3.8) is 0 Å². The summed E-state index contributed by atoms with van der Waals surface area (Å²) in [4.78, 5) is 24.1. The average molecular weight is 415 g/mol. The summed E-state index contributed by atoms with van der Waals surface area (Å²) in [5.41, 5.74) is 2.65. The molecule has 29 heavy (non-hydrogen) atoms. The van der Waals surface area contributed by atoms with Crippen molar-refractivity contribution in [3.05, 3.63) is 69.9 Å². The molecule has 2 aromatic rings. The van der Waals surface area contributed by atoms with Gasteiger partial charge in [-0.2, -0.15) is 0 Å². The van der Waals surface area contributed by atoms with Crippen LogP contribution in [0.3, 0.4) is 0 Å². The smallest absolute Gasteiger partial charge is 0.319 e. The molecule has 0 spiro atoms. The van der Waals surface area contributed by atoms with E-state index in [2.05, 4.69) is 10.6 Å². The lowest BCUT2D eigenvalue weighted by molar-refractivity contribution is -0.114. The fraction of sp³-hybridized carbons (Fsp3) is 0.273. The quantitative estimate of drug-likeness (QED) is 0.697. The maximum Gasteiger partial charge on any atom is 0.319 e. The number of ketones is 1. The van der Waals surface area contributed by atoms with Crippen LogP contribution in [0.25, 0.3) is 0 Å². The Morgan fingerprint density at radius 3 is 2.59 bits per heavy atom. The van der Waals surface area contributed by atoms with Crippen LogP contribution in [-0.2, 0) is 11.4 Å². The van der Waals surface area contributed by atoms with Crippen LogP contribution >= 0.6 is 11.6 Å². The highest BCUT2D eigenvalue weighted by molar-refractivity contribution is 6.31. The number of ether oxygens (including phenoxy) is 2. The van der Waals surface area contributed by atoms with Gasteiger partial charge >= 0.3 is 6.03 Å². The molecular weight excluding hydrogens is 392 g/mol. The monoisotopic (exact) mass is 414 g/mol. The molecule has 2 aromatic carbocycles. The minimum atomic E-state index is -0.557. The summed E-state index contributed by atoms with van der Waals surface area (Å²) in [5.74, 6) is 0.975. The van der Waals surface area contributed by atoms with Gasteiger partial charge in [-0.25, -0.2) is 4.79 Å². The minimum absolute atomic E-state index is 0.114. The summed E-state index contributed by atoms with van der Waals surface area (Å²) in [7, 11) is 0. The molecule has 0 unspecified atom stereocenters. The summed E-state index contributed by atoms with van der Waals surface area (Å²) >= 11 is 6.20. The standard InChI is InChI=1S/C22H23ClN2O4/c1-4-28-19-11-15(21-20(14(3)26)13(2)24-22(27)25-21)9-10-18(19)29-12-16-7-5-6-8-17(16)23/h5-11,21H,4,12H2,1-3H3,(H2,24,25,27)/t21-/m0/s1. The number of carbonyl (C=O) groups excluding carboxylic acids is 2. The Balaban J connectivity index is 1.91. The normalized spacial score (nSPS) is 16.1. The van der Waals surface area contributed by atoms with Gasteiger partial charge < -0.3 is 20.1 Å². The van der Waals surface area contributed by atoms with E-state index >= 15 is 0 Å². The zero-order valence-electron chi connectivity index (χ0n) is 16.5. The zero-order valence-corrected chi connectivity index (χ0v) is 17.3. The van der Waals surface area contributed by atoms with E-state index in [0.29, 0.717) is 41.0 Å². The highest BCUT2D eigenvalue weighted by Crippen LogP contribution is 2.35. The highest BCUT2D eigenvalue weighted by Gasteiger charge is 2.29. The number of allylic oxidation sites excluding steroid dienone is 1. The van der Waals surface area contributed by atoms with Gasteiger partial charge in [-0.3, -0.25) is 4.79 Å². The van der Waals surface area contributed by atoms with Crippen molar-refractivity contribution in [3.8, 4) is 11.5 Å². The molecule has 0 saturated heterocycles. The SMILES string of the molecule is CCOc1cc([C@@H]2NC(=O)NC(C)=C2C(C)=O)ccc1OCc1ccccc1Cl. The van der Waals surface area contributed by atoms with Crippen molar-refractivity contribution in [1.82, 2.24) is 10.6 Å². The molecule has 6 nitrogen and oxygen atoms in total. The van der Waals surface area contributed by atoms with Gasteiger partial charge in [-0.15, -0.1) is 0 Å². The predicted molar refractivity (Wildman–Crippen MR) is 111 cm³/mol. The van der Waals surface area contributed by atoms with E-state index < -0.39 is 6.04 Å². The lowest BCUT2D eigenvalue weighted by Gasteiger charge is -2.28. The van der Waals surface area contributed by atoms with Crippen molar-refractivity contribution in [2.75, 3.05) is 6.61 Å². The third-order valence-electron chi connectivity index (χ3n) is 4.59. The minimum Gasteiger partial charge on any atom is -0.490 e. The molecule has 0 saturated carbocycles. The zero-order chi connectivity index (χ0) is 21.0. The van der Waals surface area contributed by atoms with Gasteiger partial charge in [-0.05, 0) is 44.5 Å². The third kappa shape index (κ3) is 4.71. The molecule has 1 atom stereocenters. The van der Waals surface area contributed by atoms with E-state index in [9.17, 15) is 9.59 Å². The molecule has 3 rings (SSSR count). The Labute approximate surface area is 174 Å². The first kappa shape index (κ1) is 20.7. The van der Waals surface area contributed by atoms with Crippen LogP contribution in [0.1, 0.15) is 37.9 Å². The summed E-state index contributed by atoms with van der Waals surface area (Å²) in [6.07, 6.45) is 0. The van der Waals surface area contributed by atoms with Crippen LogP contribution in [0, 0.1) is 0 Å². The van der Waals surface area contributed by atoms with E-state index in [0.717, 1.165) is 11.1 Å². The molecule has 7 heteroatoms. The molecule has 2 amide bonds. The number of nitrogens with one attached hydrogen (secondary N) is 2. The Kier molecular flexibility index (Phi) is 6.44. The number of amides is 2. The lowest BCUT2D eigenvalue weighted by atomic mass is 9.93. The number of benzene rings is 2. The Bertz CT molecular complexity index is 971. The summed E-state index contributed by atoms with van der Waals surface area (Å²) in [5, 5.41) is 6.08. The molecular formula is C22H23ClN2O4. The van der Waals surface area contributed by atoms with Gasteiger partial charge in [0.1, 0.15) is 6.61 Å². The molecule has 0 bridgehead atoms. The first-order valence-corrected chi connectivity index (χ1v) is 9.70. The Hall–Kier alpha value is -2.99. The van der Waals surface area contributed by atoms with Crippen LogP contribution < -0.4 is 20.1 Å². The molecule has 0 aromatic heterocycles. The van der Waals surface area contributed by atoms with Crippen LogP contribution in [0.4, 0.5) is 4.79 Å². The second kappa shape index (κ2) is 9.01. The van der Waals surface area contributed by atoms with Crippen LogP contribution in [-0.4, -0.2) is 18.4 Å². The number of rotatable bonds is 7. The summed E-state index contributed by atoms with van der Waals surface area (Å²) in [6.45, 7) is 5.81. The average Bonchev–Trinajstić information content (AvgIpc) is 2.67. The van der Waals surface area contributed by atoms with E-state index in [4.69, 9.17) is 21.1 Å². The topological polar surface area (TPSA) is 76.7 Å². The van der Waals surface area contributed by atoms with Gasteiger partial charge in [0.25, 0.3) is 0 Å². The van der Waals surface area contributed by atoms with Gasteiger partial charge in [0.2, 0.25) is 0 Å². The predicted octanol–water partition coefficient (Wildman–Crippen LogP) is 4.53. The van der Waals surface area contributed by atoms with Crippen LogP contribution in [0.2, 0.25) is 5.02 Å². The maximum atomic E-state index is 12.2. The van der Waals surface area contributed by atoms with Crippen LogP contribution in [0.5, 0.6) is 11.5 Å². The van der Waals surface area contributed by atoms with Gasteiger partial charge in [0.05, 0.1) is 12.6 Å². The van der Waals surface area contributed by atoms with Gasteiger partial charge in [-0.1, -0.05) is 35.9 Å². The van der Waals surface area contributed by atoms with Crippen LogP contribution in [0.15, 0.2) is 53.7 Å². The van der Waals surface area contributed by atoms with E-state index in [1.165, 1.54) is 6.92 Å². The first-order chi connectivity index (χ1) is 13.9. The van der Waals surface area contributed by atoms with Crippen molar-refractivity contribution < 1.29 is 19.1 Å². The number of carbonyl (C=O) groups is 2. The number of Topliss-reactive ketones (excluding diaryl/α,β-unsaturated/α-hetero) is 1. The number of halogens is 1. The number of urea groups is 1. The molecule has 1 heterocycles. The van der Waals surface area contributed by atoms with E-state index in [1.807, 2.05) is 37.3 Å². The molecule has 1 aliphatic heterocycles. The molecule has 0 radical (unpaired) electrons. The molecule has 152 valence electrons. The first-order valence-electron chi connectivity index (χ1n) is 9.32. The fourth-order valence-electron chi connectivity index (χ4n) is 3.27. The highest BCUT2D eigenvalue weighted by atomic mass is 35.5. The third-order valence-corrected chi connectivity index (χ3v) is 4.96. The van der Waals surface area contributed by atoms with Crippen molar-refractivity contribution in [2.24, 2.45) is 0 Å². The second-order valence-electron chi connectivity index (χ2n) is 6.65.